The summed E-state index contributed by atoms with van der Waals surface area (Å²) < 4.78 is 32.6. The van der Waals surface area contributed by atoms with E-state index in [9.17, 15) is 23.6 Å². The van der Waals surface area contributed by atoms with Crippen molar-refractivity contribution < 1.29 is 33.5 Å². The fourth-order valence-electron chi connectivity index (χ4n) is 2.56. The van der Waals surface area contributed by atoms with Crippen LogP contribution in [-0.2, 0) is 0 Å². The van der Waals surface area contributed by atoms with Gasteiger partial charge in [0, 0.05) is 17.7 Å². The van der Waals surface area contributed by atoms with Gasteiger partial charge in [0.05, 0.1) is 11.1 Å². The summed E-state index contributed by atoms with van der Waals surface area (Å²) >= 11 is 0. The SMILES string of the molecule is O=C(Oc1ccc(F)cc1C(=O)C=Cc1ccccc1F)c1ccc([NH+]([O-])O)cc1. The maximum Gasteiger partial charge on any atom is 0.343 e. The molecule has 3 aromatic carbocycles. The summed E-state index contributed by atoms with van der Waals surface area (Å²) in [5.74, 6) is -2.99. The van der Waals surface area contributed by atoms with E-state index in [0.29, 0.717) is 0 Å². The van der Waals surface area contributed by atoms with E-state index in [2.05, 4.69) is 0 Å². The van der Waals surface area contributed by atoms with Crippen molar-refractivity contribution in [1.29, 1.82) is 0 Å². The summed E-state index contributed by atoms with van der Waals surface area (Å²) in [5, 5.41) is 18.6. The van der Waals surface area contributed by atoms with Crippen molar-refractivity contribution in [2.75, 3.05) is 0 Å². The minimum Gasteiger partial charge on any atom is -0.595 e. The smallest absolute Gasteiger partial charge is 0.343 e. The number of nitrogens with one attached hydrogen (secondary N) is 1. The number of hydrogen-bond acceptors (Lipinski definition) is 5. The van der Waals surface area contributed by atoms with E-state index < -0.39 is 28.6 Å². The summed E-state index contributed by atoms with van der Waals surface area (Å²) in [6, 6.07) is 13.8. The first-order chi connectivity index (χ1) is 14.3. The third-order valence-corrected chi connectivity index (χ3v) is 4.10. The zero-order valence-corrected chi connectivity index (χ0v) is 15.3. The molecule has 30 heavy (non-hydrogen) atoms. The lowest BCUT2D eigenvalue weighted by molar-refractivity contribution is -0.991. The highest BCUT2D eigenvalue weighted by Crippen LogP contribution is 2.23. The Labute approximate surface area is 169 Å². The van der Waals surface area contributed by atoms with Crippen LogP contribution in [0.5, 0.6) is 5.75 Å². The van der Waals surface area contributed by atoms with Gasteiger partial charge in [0.2, 0.25) is 0 Å². The summed E-state index contributed by atoms with van der Waals surface area (Å²) in [4.78, 5) is 24.8. The summed E-state index contributed by atoms with van der Waals surface area (Å²) in [6.07, 6.45) is 2.28. The number of halogens is 2. The minimum absolute atomic E-state index is 0.0116. The van der Waals surface area contributed by atoms with E-state index >= 15 is 0 Å². The van der Waals surface area contributed by atoms with Gasteiger partial charge in [0.25, 0.3) is 0 Å². The van der Waals surface area contributed by atoms with E-state index in [-0.39, 0.29) is 28.1 Å². The van der Waals surface area contributed by atoms with Crippen LogP contribution in [0, 0.1) is 16.8 Å². The first-order valence-corrected chi connectivity index (χ1v) is 8.67. The molecule has 1 atom stereocenters. The molecule has 0 fully saturated rings. The topological polar surface area (TPSA) is 91.1 Å². The van der Waals surface area contributed by atoms with Gasteiger partial charge in [-0.05, 0) is 48.6 Å². The number of ether oxygens (including phenoxy) is 1. The molecule has 0 spiro atoms. The van der Waals surface area contributed by atoms with E-state index in [4.69, 9.17) is 9.94 Å². The van der Waals surface area contributed by atoms with E-state index in [1.165, 1.54) is 48.5 Å². The van der Waals surface area contributed by atoms with Crippen LogP contribution < -0.4 is 9.96 Å². The van der Waals surface area contributed by atoms with Gasteiger partial charge in [-0.3, -0.25) is 4.79 Å². The number of allylic oxidation sites excluding steroid dienone is 1. The number of carbonyl (C=O) groups excluding carboxylic acids is 2. The summed E-state index contributed by atoms with van der Waals surface area (Å²) in [7, 11) is 0. The van der Waals surface area contributed by atoms with Gasteiger partial charge in [-0.25, -0.2) is 18.8 Å². The standard InChI is InChI=1S/C22H15F2NO5/c23-16-8-12-21(30-22(27)15-5-9-17(10-6-15)25(28)29)18(13-16)20(26)11-7-14-3-1-2-4-19(14)24/h1-13,25,28H. The first kappa shape index (κ1) is 21.0. The predicted molar refractivity (Wildman–Crippen MR) is 103 cm³/mol. The average molecular weight is 411 g/mol. The second-order valence-corrected chi connectivity index (χ2v) is 6.13. The molecule has 0 bridgehead atoms. The molecule has 0 aliphatic carbocycles. The monoisotopic (exact) mass is 411 g/mol. The molecular weight excluding hydrogens is 396 g/mol. The van der Waals surface area contributed by atoms with Crippen LogP contribution >= 0.6 is 0 Å². The van der Waals surface area contributed by atoms with Crippen LogP contribution in [0.4, 0.5) is 14.5 Å². The van der Waals surface area contributed by atoms with Gasteiger partial charge in [-0.2, -0.15) is 5.23 Å². The molecule has 0 heterocycles. The number of quaternary nitrogens is 1. The molecule has 152 valence electrons. The molecular formula is C22H15F2NO5. The molecule has 0 radical (unpaired) electrons. The Morgan fingerprint density at radius 3 is 2.37 bits per heavy atom. The Kier molecular flexibility index (Phi) is 6.43. The van der Waals surface area contributed by atoms with E-state index in [0.717, 1.165) is 24.3 Å². The number of benzene rings is 3. The highest BCUT2D eigenvalue weighted by Gasteiger charge is 2.17. The Bertz CT molecular complexity index is 1110. The molecule has 1 unspecified atom stereocenters. The number of rotatable bonds is 6. The molecule has 3 rings (SSSR count). The molecule has 0 aliphatic rings. The highest BCUT2D eigenvalue weighted by molar-refractivity contribution is 6.09. The van der Waals surface area contributed by atoms with Crippen molar-refractivity contribution in [2.24, 2.45) is 0 Å². The van der Waals surface area contributed by atoms with Crippen molar-refractivity contribution in [3.8, 4) is 5.75 Å². The second kappa shape index (κ2) is 9.19. The van der Waals surface area contributed by atoms with Crippen molar-refractivity contribution in [3.05, 3.63) is 106 Å². The van der Waals surface area contributed by atoms with Crippen molar-refractivity contribution in [1.82, 2.24) is 0 Å². The largest absolute Gasteiger partial charge is 0.595 e. The third-order valence-electron chi connectivity index (χ3n) is 4.10. The lowest BCUT2D eigenvalue weighted by Crippen LogP contribution is -2.99. The molecule has 0 saturated carbocycles. The number of ketones is 1. The fourth-order valence-corrected chi connectivity index (χ4v) is 2.56. The number of esters is 1. The van der Waals surface area contributed by atoms with Crippen LogP contribution in [0.25, 0.3) is 6.08 Å². The molecule has 3 aromatic rings. The number of carbonyl (C=O) groups is 2. The van der Waals surface area contributed by atoms with Crippen molar-refractivity contribution in [2.45, 2.75) is 0 Å². The molecule has 0 aliphatic heterocycles. The van der Waals surface area contributed by atoms with Gasteiger partial charge < -0.3 is 9.94 Å². The quantitative estimate of drug-likeness (QED) is 0.213. The Morgan fingerprint density at radius 1 is 1.00 bits per heavy atom. The van der Waals surface area contributed by atoms with Crippen LogP contribution in [0.3, 0.4) is 0 Å². The summed E-state index contributed by atoms with van der Waals surface area (Å²) in [5.41, 5.74) is -0.0236. The summed E-state index contributed by atoms with van der Waals surface area (Å²) in [6.45, 7) is 0. The second-order valence-electron chi connectivity index (χ2n) is 6.13. The van der Waals surface area contributed by atoms with Crippen molar-refractivity contribution >= 4 is 23.5 Å². The molecule has 0 aromatic heterocycles. The van der Waals surface area contributed by atoms with Crippen LogP contribution in [0.2, 0.25) is 0 Å². The Morgan fingerprint density at radius 2 is 1.70 bits per heavy atom. The van der Waals surface area contributed by atoms with E-state index in [1.807, 2.05) is 0 Å². The van der Waals surface area contributed by atoms with Crippen molar-refractivity contribution in [3.63, 3.8) is 0 Å². The molecule has 6 nitrogen and oxygen atoms in total. The van der Waals surface area contributed by atoms with Gasteiger partial charge in [-0.15, -0.1) is 0 Å². The highest BCUT2D eigenvalue weighted by atomic mass is 19.1. The van der Waals surface area contributed by atoms with Gasteiger partial charge in [-0.1, -0.05) is 18.2 Å². The maximum atomic E-state index is 13.7. The third kappa shape index (κ3) is 5.00. The average Bonchev–Trinajstić information content (AvgIpc) is 2.74. The molecule has 8 heteroatoms. The zero-order valence-electron chi connectivity index (χ0n) is 15.3. The van der Waals surface area contributed by atoms with E-state index in [1.54, 1.807) is 6.07 Å². The van der Waals surface area contributed by atoms with Gasteiger partial charge >= 0.3 is 5.97 Å². The van der Waals surface area contributed by atoms with Gasteiger partial charge in [0.15, 0.2) is 11.5 Å². The zero-order chi connectivity index (χ0) is 21.7. The predicted octanol–water partition coefficient (Wildman–Crippen LogP) is 3.48. The Hall–Kier alpha value is -3.72. The fraction of sp³-hybridized carbons (Fsp3) is 0. The van der Waals surface area contributed by atoms with Crippen LogP contribution in [0.1, 0.15) is 26.3 Å². The normalized spacial score (nSPS) is 12.0. The Balaban J connectivity index is 1.83. The van der Waals surface area contributed by atoms with Crippen LogP contribution in [-0.4, -0.2) is 17.0 Å². The molecule has 0 saturated heterocycles. The molecule has 2 N–H and O–H groups in total. The number of hydrogen-bond donors (Lipinski definition) is 2. The minimum atomic E-state index is -1.15. The lowest BCUT2D eigenvalue weighted by atomic mass is 10.1. The van der Waals surface area contributed by atoms with Crippen LogP contribution in [0.15, 0.2) is 72.8 Å². The first-order valence-electron chi connectivity index (χ1n) is 8.67. The maximum absolute atomic E-state index is 13.7. The van der Waals surface area contributed by atoms with Gasteiger partial charge in [0.1, 0.15) is 17.4 Å². The molecule has 0 amide bonds. The lowest BCUT2D eigenvalue weighted by Gasteiger charge is -2.12.